The fourth-order valence-corrected chi connectivity index (χ4v) is 0.835. The average molecular weight is 203 g/mol. The summed E-state index contributed by atoms with van der Waals surface area (Å²) in [5.74, 6) is -0.909. The molecule has 0 unspecified atom stereocenters. The highest BCUT2D eigenvalue weighted by Gasteiger charge is 2.36. The van der Waals surface area contributed by atoms with Gasteiger partial charge < -0.3 is 14.8 Å². The van der Waals surface area contributed by atoms with Gasteiger partial charge in [0, 0.05) is 13.7 Å². The molecule has 0 aliphatic rings. The Hall–Kier alpha value is -1.10. The number of carbonyl (C=O) groups is 2. The van der Waals surface area contributed by atoms with E-state index in [0.29, 0.717) is 13.2 Å². The summed E-state index contributed by atoms with van der Waals surface area (Å²) in [7, 11) is 2.80. The molecule has 0 saturated heterocycles. The maximum absolute atomic E-state index is 11.5. The van der Waals surface area contributed by atoms with Crippen molar-refractivity contribution in [1.82, 2.24) is 5.32 Å². The highest BCUT2D eigenvalue weighted by molar-refractivity contribution is 6.01. The van der Waals surface area contributed by atoms with Crippen molar-refractivity contribution in [3.05, 3.63) is 0 Å². The normalized spacial score (nSPS) is 10.9. The second-order valence-corrected chi connectivity index (χ2v) is 3.37. The van der Waals surface area contributed by atoms with Crippen LogP contribution in [-0.4, -0.2) is 39.2 Å². The number of methoxy groups -OCH3 is 2. The average Bonchev–Trinajstić information content (AvgIpc) is 2.16. The van der Waals surface area contributed by atoms with Gasteiger partial charge in [0.05, 0.1) is 13.7 Å². The minimum absolute atomic E-state index is 0.360. The highest BCUT2D eigenvalue weighted by Crippen LogP contribution is 2.16. The van der Waals surface area contributed by atoms with Crippen molar-refractivity contribution in [3.63, 3.8) is 0 Å². The number of carbonyl (C=O) groups excluding carboxylic acids is 2. The van der Waals surface area contributed by atoms with Gasteiger partial charge in [-0.3, -0.25) is 9.59 Å². The van der Waals surface area contributed by atoms with E-state index in [4.69, 9.17) is 4.74 Å². The van der Waals surface area contributed by atoms with E-state index in [0.717, 1.165) is 0 Å². The molecule has 1 N–H and O–H groups in total. The summed E-state index contributed by atoms with van der Waals surface area (Å²) in [6.07, 6.45) is 0. The third-order valence-electron chi connectivity index (χ3n) is 1.86. The predicted octanol–water partition coefficient (Wildman–Crippen LogP) is -0.0518. The molecular weight excluding hydrogens is 186 g/mol. The lowest BCUT2D eigenvalue weighted by Gasteiger charge is -2.20. The second-order valence-electron chi connectivity index (χ2n) is 3.37. The summed E-state index contributed by atoms with van der Waals surface area (Å²) in [6, 6.07) is 0. The topological polar surface area (TPSA) is 64.6 Å². The minimum Gasteiger partial charge on any atom is -0.468 e. The number of hydrogen-bond acceptors (Lipinski definition) is 4. The quantitative estimate of drug-likeness (QED) is 0.386. The molecule has 0 atom stereocenters. The molecule has 0 aliphatic carbocycles. The van der Waals surface area contributed by atoms with Gasteiger partial charge in [0.2, 0.25) is 5.91 Å². The van der Waals surface area contributed by atoms with E-state index >= 15 is 0 Å². The van der Waals surface area contributed by atoms with Crippen LogP contribution in [-0.2, 0) is 19.1 Å². The van der Waals surface area contributed by atoms with Gasteiger partial charge in [-0.2, -0.15) is 0 Å². The lowest BCUT2D eigenvalue weighted by atomic mass is 9.92. The molecule has 0 aromatic carbocycles. The van der Waals surface area contributed by atoms with Crippen molar-refractivity contribution in [3.8, 4) is 0 Å². The monoisotopic (exact) mass is 203 g/mol. The Morgan fingerprint density at radius 1 is 1.29 bits per heavy atom. The summed E-state index contributed by atoms with van der Waals surface area (Å²) in [5.41, 5.74) is -1.15. The molecule has 0 spiro atoms. The van der Waals surface area contributed by atoms with Crippen molar-refractivity contribution >= 4 is 11.9 Å². The molecular formula is C9H17NO4. The van der Waals surface area contributed by atoms with Crippen LogP contribution in [0.4, 0.5) is 0 Å². The Morgan fingerprint density at radius 2 is 1.86 bits per heavy atom. The van der Waals surface area contributed by atoms with Gasteiger partial charge >= 0.3 is 5.97 Å². The second kappa shape index (κ2) is 5.59. The van der Waals surface area contributed by atoms with Crippen molar-refractivity contribution in [1.29, 1.82) is 0 Å². The summed E-state index contributed by atoms with van der Waals surface area (Å²) < 4.78 is 9.27. The molecule has 0 rings (SSSR count). The number of ether oxygens (including phenoxy) is 2. The van der Waals surface area contributed by atoms with Crippen molar-refractivity contribution in [2.45, 2.75) is 13.8 Å². The zero-order valence-corrected chi connectivity index (χ0v) is 9.05. The van der Waals surface area contributed by atoms with Crippen LogP contribution >= 0.6 is 0 Å². The first kappa shape index (κ1) is 12.9. The Labute approximate surface area is 83.8 Å². The molecule has 0 bridgehead atoms. The zero-order valence-electron chi connectivity index (χ0n) is 9.05. The van der Waals surface area contributed by atoms with Crippen LogP contribution in [0.2, 0.25) is 0 Å². The lowest BCUT2D eigenvalue weighted by molar-refractivity contribution is -0.156. The summed E-state index contributed by atoms with van der Waals surface area (Å²) in [6.45, 7) is 3.83. The first-order valence-electron chi connectivity index (χ1n) is 4.32. The van der Waals surface area contributed by atoms with Crippen molar-refractivity contribution in [2.75, 3.05) is 27.4 Å². The van der Waals surface area contributed by atoms with Gasteiger partial charge in [-0.05, 0) is 13.8 Å². The van der Waals surface area contributed by atoms with E-state index in [-0.39, 0.29) is 5.91 Å². The molecule has 0 heterocycles. The molecule has 1 amide bonds. The molecule has 0 fully saturated rings. The Bertz CT molecular complexity index is 213. The van der Waals surface area contributed by atoms with E-state index in [2.05, 4.69) is 10.1 Å². The van der Waals surface area contributed by atoms with Gasteiger partial charge in [0.15, 0.2) is 0 Å². The molecule has 0 radical (unpaired) electrons. The van der Waals surface area contributed by atoms with Crippen molar-refractivity contribution < 1.29 is 19.1 Å². The van der Waals surface area contributed by atoms with E-state index in [1.54, 1.807) is 0 Å². The first-order chi connectivity index (χ1) is 6.46. The van der Waals surface area contributed by atoms with Gasteiger partial charge in [-0.25, -0.2) is 0 Å². The number of rotatable bonds is 5. The Kier molecular flexibility index (Phi) is 5.15. The third kappa shape index (κ3) is 3.33. The van der Waals surface area contributed by atoms with Gasteiger partial charge in [0.25, 0.3) is 0 Å². The molecule has 0 aromatic rings. The van der Waals surface area contributed by atoms with E-state index in [1.807, 2.05) is 0 Å². The fraction of sp³-hybridized carbons (Fsp3) is 0.778. The van der Waals surface area contributed by atoms with Gasteiger partial charge in [0.1, 0.15) is 5.41 Å². The Balaban J connectivity index is 4.15. The molecule has 82 valence electrons. The molecule has 5 nitrogen and oxygen atoms in total. The van der Waals surface area contributed by atoms with Crippen LogP contribution in [0.15, 0.2) is 0 Å². The minimum atomic E-state index is -1.15. The van der Waals surface area contributed by atoms with Gasteiger partial charge in [-0.1, -0.05) is 0 Å². The Morgan fingerprint density at radius 3 is 2.29 bits per heavy atom. The van der Waals surface area contributed by atoms with Crippen LogP contribution < -0.4 is 5.32 Å². The standard InChI is InChI=1S/C9H17NO4/c1-9(2,8(12)14-4)7(11)10-5-6-13-3/h5-6H2,1-4H3,(H,10,11). The van der Waals surface area contributed by atoms with E-state index in [9.17, 15) is 9.59 Å². The van der Waals surface area contributed by atoms with Crippen LogP contribution in [0.1, 0.15) is 13.8 Å². The van der Waals surface area contributed by atoms with E-state index in [1.165, 1.54) is 28.1 Å². The largest absolute Gasteiger partial charge is 0.468 e. The molecule has 5 heteroatoms. The fourth-order valence-electron chi connectivity index (χ4n) is 0.835. The summed E-state index contributed by atoms with van der Waals surface area (Å²) in [5, 5.41) is 2.57. The van der Waals surface area contributed by atoms with Crippen LogP contribution in [0, 0.1) is 5.41 Å². The highest BCUT2D eigenvalue weighted by atomic mass is 16.5. The third-order valence-corrected chi connectivity index (χ3v) is 1.86. The van der Waals surface area contributed by atoms with Crippen molar-refractivity contribution in [2.24, 2.45) is 5.41 Å². The number of esters is 1. The summed E-state index contributed by atoms with van der Waals surface area (Å²) >= 11 is 0. The molecule has 14 heavy (non-hydrogen) atoms. The molecule has 0 aliphatic heterocycles. The smallest absolute Gasteiger partial charge is 0.320 e. The number of nitrogens with one attached hydrogen (secondary N) is 1. The molecule has 0 aromatic heterocycles. The maximum Gasteiger partial charge on any atom is 0.320 e. The first-order valence-corrected chi connectivity index (χ1v) is 4.32. The SMILES string of the molecule is COCCNC(=O)C(C)(C)C(=O)OC. The zero-order chi connectivity index (χ0) is 11.2. The van der Waals surface area contributed by atoms with Crippen LogP contribution in [0.3, 0.4) is 0 Å². The maximum atomic E-state index is 11.5. The van der Waals surface area contributed by atoms with Crippen LogP contribution in [0.5, 0.6) is 0 Å². The summed E-state index contributed by atoms with van der Waals surface area (Å²) in [4.78, 5) is 22.7. The number of amides is 1. The van der Waals surface area contributed by atoms with Gasteiger partial charge in [-0.15, -0.1) is 0 Å². The van der Waals surface area contributed by atoms with Crippen LogP contribution in [0.25, 0.3) is 0 Å². The lowest BCUT2D eigenvalue weighted by Crippen LogP contribution is -2.43. The number of hydrogen-bond donors (Lipinski definition) is 1. The molecule has 0 saturated carbocycles. The predicted molar refractivity (Wildman–Crippen MR) is 50.7 cm³/mol. The van der Waals surface area contributed by atoms with E-state index < -0.39 is 11.4 Å².